The molecule has 17 heavy (non-hydrogen) atoms. The maximum absolute atomic E-state index is 11.6. The molecule has 0 atom stereocenters. The molecule has 0 aliphatic rings. The molecule has 0 aliphatic heterocycles. The predicted octanol–water partition coefficient (Wildman–Crippen LogP) is 4.60. The van der Waals surface area contributed by atoms with Gasteiger partial charge in [0.15, 0.2) is 5.78 Å². The molecule has 2 rings (SSSR count). The Bertz CT molecular complexity index is 532. The topological polar surface area (TPSA) is 17.1 Å². The fourth-order valence-corrected chi connectivity index (χ4v) is 2.03. The standard InChI is InChI=1S/C15H13ClO/c1-2-15(17)12-8-9-13(14(16)10-12)11-6-4-3-5-7-11/h3-10H,2H2,1H3. The zero-order valence-corrected chi connectivity index (χ0v) is 10.4. The summed E-state index contributed by atoms with van der Waals surface area (Å²) in [6.07, 6.45) is 0.501. The van der Waals surface area contributed by atoms with Crippen LogP contribution >= 0.6 is 11.6 Å². The Hall–Kier alpha value is -1.60. The summed E-state index contributed by atoms with van der Waals surface area (Å²) < 4.78 is 0. The molecule has 0 unspecified atom stereocenters. The molecule has 2 aromatic carbocycles. The van der Waals surface area contributed by atoms with Gasteiger partial charge in [-0.3, -0.25) is 4.79 Å². The van der Waals surface area contributed by atoms with Crippen molar-refractivity contribution in [2.75, 3.05) is 0 Å². The van der Waals surface area contributed by atoms with Crippen LogP contribution in [-0.4, -0.2) is 5.78 Å². The molecule has 0 saturated carbocycles. The Labute approximate surface area is 106 Å². The van der Waals surface area contributed by atoms with Crippen LogP contribution < -0.4 is 0 Å². The molecular formula is C15H13ClO. The first-order chi connectivity index (χ1) is 8.22. The number of hydrogen-bond acceptors (Lipinski definition) is 1. The molecule has 0 fully saturated rings. The molecule has 86 valence electrons. The van der Waals surface area contributed by atoms with Gasteiger partial charge in [0, 0.05) is 22.6 Å². The summed E-state index contributed by atoms with van der Waals surface area (Å²) in [4.78, 5) is 11.6. The minimum absolute atomic E-state index is 0.117. The number of hydrogen-bond donors (Lipinski definition) is 0. The Morgan fingerprint density at radius 2 is 1.82 bits per heavy atom. The van der Waals surface area contributed by atoms with Gasteiger partial charge in [-0.05, 0) is 11.6 Å². The van der Waals surface area contributed by atoms with Crippen LogP contribution in [0.2, 0.25) is 5.02 Å². The Kier molecular flexibility index (Phi) is 3.60. The highest BCUT2D eigenvalue weighted by Crippen LogP contribution is 2.28. The van der Waals surface area contributed by atoms with E-state index in [9.17, 15) is 4.79 Å². The summed E-state index contributed by atoms with van der Waals surface area (Å²) in [5.74, 6) is 0.117. The van der Waals surface area contributed by atoms with Crippen LogP contribution in [-0.2, 0) is 0 Å². The van der Waals surface area contributed by atoms with Gasteiger partial charge in [-0.2, -0.15) is 0 Å². The van der Waals surface area contributed by atoms with Gasteiger partial charge in [0.25, 0.3) is 0 Å². The van der Waals surface area contributed by atoms with E-state index < -0.39 is 0 Å². The number of carbonyl (C=O) groups excluding carboxylic acids is 1. The minimum Gasteiger partial charge on any atom is -0.294 e. The van der Waals surface area contributed by atoms with E-state index in [2.05, 4.69) is 0 Å². The van der Waals surface area contributed by atoms with E-state index in [1.165, 1.54) is 0 Å². The largest absolute Gasteiger partial charge is 0.294 e. The lowest BCUT2D eigenvalue weighted by Crippen LogP contribution is -1.96. The molecule has 0 spiro atoms. The fourth-order valence-electron chi connectivity index (χ4n) is 1.74. The zero-order chi connectivity index (χ0) is 12.3. The monoisotopic (exact) mass is 244 g/mol. The Morgan fingerprint density at radius 3 is 2.41 bits per heavy atom. The second-order valence-electron chi connectivity index (χ2n) is 3.84. The first-order valence-corrected chi connectivity index (χ1v) is 5.98. The van der Waals surface area contributed by atoms with Crippen molar-refractivity contribution in [1.29, 1.82) is 0 Å². The first kappa shape index (κ1) is 11.9. The smallest absolute Gasteiger partial charge is 0.162 e. The van der Waals surface area contributed by atoms with Crippen molar-refractivity contribution in [2.45, 2.75) is 13.3 Å². The lowest BCUT2D eigenvalue weighted by Gasteiger charge is -2.06. The number of carbonyl (C=O) groups is 1. The van der Waals surface area contributed by atoms with Crippen molar-refractivity contribution < 1.29 is 4.79 Å². The number of Topliss-reactive ketones (excluding diaryl/α,β-unsaturated/α-hetero) is 1. The van der Waals surface area contributed by atoms with Gasteiger partial charge >= 0.3 is 0 Å². The van der Waals surface area contributed by atoms with Crippen molar-refractivity contribution in [3.63, 3.8) is 0 Å². The van der Waals surface area contributed by atoms with Crippen LogP contribution in [0.25, 0.3) is 11.1 Å². The van der Waals surface area contributed by atoms with Crippen LogP contribution in [0.5, 0.6) is 0 Å². The number of benzene rings is 2. The fraction of sp³-hybridized carbons (Fsp3) is 0.133. The number of halogens is 1. The van der Waals surface area contributed by atoms with Crippen molar-refractivity contribution >= 4 is 17.4 Å². The van der Waals surface area contributed by atoms with Crippen LogP contribution in [0.4, 0.5) is 0 Å². The highest BCUT2D eigenvalue weighted by Gasteiger charge is 2.08. The lowest BCUT2D eigenvalue weighted by atomic mass is 10.0. The van der Waals surface area contributed by atoms with Gasteiger partial charge in [0.2, 0.25) is 0 Å². The lowest BCUT2D eigenvalue weighted by molar-refractivity contribution is 0.0988. The summed E-state index contributed by atoms with van der Waals surface area (Å²) in [6.45, 7) is 1.85. The van der Waals surface area contributed by atoms with Gasteiger partial charge < -0.3 is 0 Å². The molecular weight excluding hydrogens is 232 g/mol. The highest BCUT2D eigenvalue weighted by molar-refractivity contribution is 6.33. The molecule has 0 heterocycles. The third-order valence-corrected chi connectivity index (χ3v) is 3.01. The number of ketones is 1. The van der Waals surface area contributed by atoms with Crippen molar-refractivity contribution in [3.8, 4) is 11.1 Å². The average Bonchev–Trinajstić information content (AvgIpc) is 2.38. The number of rotatable bonds is 3. The zero-order valence-electron chi connectivity index (χ0n) is 9.61. The average molecular weight is 245 g/mol. The van der Waals surface area contributed by atoms with Crippen molar-refractivity contribution in [1.82, 2.24) is 0 Å². The van der Waals surface area contributed by atoms with E-state index in [1.807, 2.05) is 49.4 Å². The van der Waals surface area contributed by atoms with E-state index in [4.69, 9.17) is 11.6 Å². The van der Waals surface area contributed by atoms with E-state index in [-0.39, 0.29) is 5.78 Å². The molecule has 0 saturated heterocycles. The van der Waals surface area contributed by atoms with Gasteiger partial charge in [-0.15, -0.1) is 0 Å². The molecule has 0 aliphatic carbocycles. The molecule has 0 amide bonds. The summed E-state index contributed by atoms with van der Waals surface area (Å²) in [5, 5.41) is 0.621. The van der Waals surface area contributed by atoms with E-state index in [0.717, 1.165) is 11.1 Å². The van der Waals surface area contributed by atoms with E-state index in [1.54, 1.807) is 6.07 Å². The SMILES string of the molecule is CCC(=O)c1ccc(-c2ccccc2)c(Cl)c1. The molecule has 1 nitrogen and oxygen atoms in total. The molecule has 0 radical (unpaired) electrons. The molecule has 0 bridgehead atoms. The van der Waals surface area contributed by atoms with Crippen LogP contribution in [0, 0.1) is 0 Å². The quantitative estimate of drug-likeness (QED) is 0.721. The van der Waals surface area contributed by atoms with Crippen LogP contribution in [0.3, 0.4) is 0 Å². The highest BCUT2D eigenvalue weighted by atomic mass is 35.5. The molecule has 2 heteroatoms. The Morgan fingerprint density at radius 1 is 1.12 bits per heavy atom. The maximum atomic E-state index is 11.6. The van der Waals surface area contributed by atoms with Gasteiger partial charge in [0.05, 0.1) is 0 Å². The van der Waals surface area contributed by atoms with Gasteiger partial charge in [-0.25, -0.2) is 0 Å². The van der Waals surface area contributed by atoms with Crippen LogP contribution in [0.15, 0.2) is 48.5 Å². The van der Waals surface area contributed by atoms with E-state index in [0.29, 0.717) is 17.0 Å². The normalized spacial score (nSPS) is 10.2. The second kappa shape index (κ2) is 5.15. The van der Waals surface area contributed by atoms with E-state index >= 15 is 0 Å². The Balaban J connectivity index is 2.42. The second-order valence-corrected chi connectivity index (χ2v) is 4.24. The summed E-state index contributed by atoms with van der Waals surface area (Å²) >= 11 is 6.21. The summed E-state index contributed by atoms with van der Waals surface area (Å²) in [5.41, 5.74) is 2.70. The third-order valence-electron chi connectivity index (χ3n) is 2.70. The minimum atomic E-state index is 0.117. The molecule has 0 N–H and O–H groups in total. The van der Waals surface area contributed by atoms with Gasteiger partial charge in [-0.1, -0.05) is 61.0 Å². The molecule has 0 aromatic heterocycles. The van der Waals surface area contributed by atoms with Gasteiger partial charge in [0.1, 0.15) is 0 Å². The van der Waals surface area contributed by atoms with Crippen molar-refractivity contribution in [3.05, 3.63) is 59.1 Å². The first-order valence-electron chi connectivity index (χ1n) is 5.60. The summed E-state index contributed by atoms with van der Waals surface area (Å²) in [6, 6.07) is 15.4. The predicted molar refractivity (Wildman–Crippen MR) is 71.5 cm³/mol. The summed E-state index contributed by atoms with van der Waals surface area (Å²) in [7, 11) is 0. The maximum Gasteiger partial charge on any atom is 0.162 e. The molecule has 2 aromatic rings. The van der Waals surface area contributed by atoms with Crippen LogP contribution in [0.1, 0.15) is 23.7 Å². The third kappa shape index (κ3) is 2.56. The van der Waals surface area contributed by atoms with Crippen molar-refractivity contribution in [2.24, 2.45) is 0 Å².